The van der Waals surface area contributed by atoms with Gasteiger partial charge in [0.2, 0.25) is 5.43 Å². The van der Waals surface area contributed by atoms with Gasteiger partial charge < -0.3 is 9.67 Å². The second-order valence-corrected chi connectivity index (χ2v) is 3.79. The number of hydrogen-bond donors (Lipinski definition) is 1. The maximum Gasteiger partial charge on any atom is 0.341 e. The Kier molecular flexibility index (Phi) is 4.47. The number of rotatable bonds is 2. The molecule has 2 heterocycles. The Balaban J connectivity index is 0.00000162. The van der Waals surface area contributed by atoms with Crippen LogP contribution in [0.25, 0.3) is 11.0 Å². The molecule has 0 aliphatic rings. The van der Waals surface area contributed by atoms with E-state index in [0.717, 1.165) is 5.69 Å². The van der Waals surface area contributed by atoms with E-state index in [9.17, 15) is 9.59 Å². The van der Waals surface area contributed by atoms with Crippen molar-refractivity contribution in [2.75, 3.05) is 0 Å². The van der Waals surface area contributed by atoms with Gasteiger partial charge >= 0.3 is 29.0 Å². The number of pyridine rings is 2. The zero-order valence-electron chi connectivity index (χ0n) is 9.60. The minimum atomic E-state index is -1.21. The van der Waals surface area contributed by atoms with Gasteiger partial charge in [0, 0.05) is 18.4 Å². The molecule has 5 nitrogen and oxygen atoms in total. The van der Waals surface area contributed by atoms with E-state index in [2.05, 4.69) is 4.98 Å². The molecule has 0 saturated carbocycles. The van der Waals surface area contributed by atoms with Crippen LogP contribution < -0.4 is 5.43 Å². The summed E-state index contributed by atoms with van der Waals surface area (Å²) in [5.41, 5.74) is 0.624. The van der Waals surface area contributed by atoms with Crippen molar-refractivity contribution in [1.29, 1.82) is 0 Å². The standard InChI is InChI=1S/C12H12N2O3.Mg.2H/c1-3-14-6-9(12(16)17)10(15)8-5-4-7(2)13-11(8)14;;;/h4-6H,3H2,1-2H3,(H,16,17);;;. The molecule has 0 saturated heterocycles. The summed E-state index contributed by atoms with van der Waals surface area (Å²) in [7, 11) is 0. The van der Waals surface area contributed by atoms with Gasteiger partial charge in [-0.3, -0.25) is 4.79 Å². The molecule has 2 aromatic heterocycles. The van der Waals surface area contributed by atoms with Crippen LogP contribution in [0.4, 0.5) is 0 Å². The van der Waals surface area contributed by atoms with Gasteiger partial charge in [0.1, 0.15) is 11.2 Å². The monoisotopic (exact) mass is 258 g/mol. The number of fused-ring (bicyclic) bond motifs is 1. The van der Waals surface area contributed by atoms with Crippen molar-refractivity contribution in [3.8, 4) is 0 Å². The third kappa shape index (κ3) is 2.39. The fraction of sp³-hybridized carbons (Fsp3) is 0.250. The van der Waals surface area contributed by atoms with Gasteiger partial charge in [-0.2, -0.15) is 0 Å². The highest BCUT2D eigenvalue weighted by atomic mass is 24.3. The van der Waals surface area contributed by atoms with E-state index < -0.39 is 11.4 Å². The maximum atomic E-state index is 11.9. The first-order valence-corrected chi connectivity index (χ1v) is 5.28. The van der Waals surface area contributed by atoms with Crippen LogP contribution in [0.1, 0.15) is 23.0 Å². The lowest BCUT2D eigenvalue weighted by molar-refractivity contribution is 0.0695. The molecule has 0 spiro atoms. The topological polar surface area (TPSA) is 72.2 Å². The Morgan fingerprint density at radius 3 is 2.67 bits per heavy atom. The maximum absolute atomic E-state index is 11.9. The van der Waals surface area contributed by atoms with Crippen molar-refractivity contribution < 1.29 is 9.90 Å². The highest BCUT2D eigenvalue weighted by Gasteiger charge is 2.14. The van der Waals surface area contributed by atoms with Crippen molar-refractivity contribution in [3.05, 3.63) is 39.8 Å². The van der Waals surface area contributed by atoms with E-state index in [1.54, 1.807) is 16.7 Å². The van der Waals surface area contributed by atoms with E-state index >= 15 is 0 Å². The van der Waals surface area contributed by atoms with Crippen LogP contribution in [0, 0.1) is 6.92 Å². The van der Waals surface area contributed by atoms with Crippen LogP contribution in [-0.4, -0.2) is 43.7 Å². The molecule has 0 aliphatic heterocycles. The molecule has 0 bridgehead atoms. The summed E-state index contributed by atoms with van der Waals surface area (Å²) >= 11 is 0. The Morgan fingerprint density at radius 1 is 1.44 bits per heavy atom. The lowest BCUT2D eigenvalue weighted by Gasteiger charge is -2.09. The quantitative estimate of drug-likeness (QED) is 0.797. The third-order valence-corrected chi connectivity index (χ3v) is 2.63. The number of carboxylic acids is 1. The third-order valence-electron chi connectivity index (χ3n) is 2.63. The minimum Gasteiger partial charge on any atom is -0.477 e. The molecule has 0 fully saturated rings. The average Bonchev–Trinajstić information content (AvgIpc) is 2.29. The molecule has 0 amide bonds. The van der Waals surface area contributed by atoms with Gasteiger partial charge in [0.25, 0.3) is 0 Å². The van der Waals surface area contributed by atoms with Gasteiger partial charge in [0.05, 0.1) is 5.39 Å². The van der Waals surface area contributed by atoms with Crippen molar-refractivity contribution in [2.45, 2.75) is 20.4 Å². The Hall–Kier alpha value is -1.40. The normalized spacial score (nSPS) is 10.1. The van der Waals surface area contributed by atoms with E-state index in [1.165, 1.54) is 6.20 Å². The summed E-state index contributed by atoms with van der Waals surface area (Å²) in [5, 5.41) is 9.31. The molecule has 0 aliphatic carbocycles. The van der Waals surface area contributed by atoms with E-state index in [1.807, 2.05) is 13.8 Å². The van der Waals surface area contributed by atoms with Crippen LogP contribution in [0.3, 0.4) is 0 Å². The molecule has 0 radical (unpaired) electrons. The Labute approximate surface area is 120 Å². The summed E-state index contributed by atoms with van der Waals surface area (Å²) in [6.07, 6.45) is 1.35. The summed E-state index contributed by atoms with van der Waals surface area (Å²) in [6.45, 7) is 4.27. The number of hydrogen-bond acceptors (Lipinski definition) is 3. The lowest BCUT2D eigenvalue weighted by atomic mass is 10.2. The molecule has 0 aromatic carbocycles. The van der Waals surface area contributed by atoms with Crippen molar-refractivity contribution in [2.24, 2.45) is 0 Å². The second-order valence-electron chi connectivity index (χ2n) is 3.79. The number of carbonyl (C=O) groups is 1. The SMILES string of the molecule is CCn1cc(C(=O)O)c(=O)c2ccc(C)nc21.[MgH2]. The van der Waals surface area contributed by atoms with Crippen molar-refractivity contribution in [1.82, 2.24) is 9.55 Å². The smallest absolute Gasteiger partial charge is 0.341 e. The van der Waals surface area contributed by atoms with E-state index in [-0.39, 0.29) is 28.6 Å². The van der Waals surface area contributed by atoms with Crippen molar-refractivity contribution >= 4 is 40.1 Å². The molecular weight excluding hydrogens is 244 g/mol. The summed E-state index contributed by atoms with van der Waals surface area (Å²) in [6, 6.07) is 3.33. The molecule has 2 aromatic rings. The summed E-state index contributed by atoms with van der Waals surface area (Å²) in [5.74, 6) is -1.21. The summed E-state index contributed by atoms with van der Waals surface area (Å²) in [4.78, 5) is 27.2. The number of carboxylic acid groups (broad SMARTS) is 1. The number of aryl methyl sites for hydroxylation is 2. The number of aromatic nitrogens is 2. The zero-order chi connectivity index (χ0) is 12.6. The van der Waals surface area contributed by atoms with Gasteiger partial charge in [-0.15, -0.1) is 0 Å². The molecule has 0 unspecified atom stereocenters. The molecule has 92 valence electrons. The average molecular weight is 259 g/mol. The molecule has 1 N–H and O–H groups in total. The fourth-order valence-corrected chi connectivity index (χ4v) is 1.75. The zero-order valence-corrected chi connectivity index (χ0v) is 9.60. The van der Waals surface area contributed by atoms with E-state index in [4.69, 9.17) is 5.11 Å². The number of aromatic carboxylic acids is 1. The molecular formula is C12H14MgN2O3. The van der Waals surface area contributed by atoms with E-state index in [0.29, 0.717) is 17.6 Å². The van der Waals surface area contributed by atoms with Crippen LogP contribution in [0.15, 0.2) is 23.1 Å². The molecule has 2 rings (SSSR count). The highest BCUT2D eigenvalue weighted by molar-refractivity contribution is 5.91. The molecule has 6 heteroatoms. The van der Waals surface area contributed by atoms with Crippen LogP contribution in [0.2, 0.25) is 0 Å². The largest absolute Gasteiger partial charge is 0.477 e. The van der Waals surface area contributed by atoms with Crippen LogP contribution in [0.5, 0.6) is 0 Å². The molecule has 18 heavy (non-hydrogen) atoms. The van der Waals surface area contributed by atoms with Gasteiger partial charge in [-0.1, -0.05) is 0 Å². The van der Waals surface area contributed by atoms with Gasteiger partial charge in [-0.25, -0.2) is 9.78 Å². The van der Waals surface area contributed by atoms with Gasteiger partial charge in [-0.05, 0) is 26.0 Å². The summed E-state index contributed by atoms with van der Waals surface area (Å²) < 4.78 is 1.67. The minimum absolute atomic E-state index is 0. The van der Waals surface area contributed by atoms with Crippen molar-refractivity contribution in [3.63, 3.8) is 0 Å². The number of nitrogens with zero attached hydrogens (tertiary/aromatic N) is 2. The van der Waals surface area contributed by atoms with Crippen LogP contribution >= 0.6 is 0 Å². The lowest BCUT2D eigenvalue weighted by Crippen LogP contribution is -2.19. The van der Waals surface area contributed by atoms with Crippen LogP contribution in [-0.2, 0) is 6.54 Å². The van der Waals surface area contributed by atoms with Gasteiger partial charge in [0.15, 0.2) is 0 Å². The first-order valence-electron chi connectivity index (χ1n) is 5.28. The fourth-order valence-electron chi connectivity index (χ4n) is 1.75. The highest BCUT2D eigenvalue weighted by Crippen LogP contribution is 2.10. The Bertz CT molecular complexity index is 664. The first-order chi connectivity index (χ1) is 8.04. The molecule has 0 atom stereocenters. The first kappa shape index (κ1) is 14.7. The predicted molar refractivity (Wildman–Crippen MR) is 71.9 cm³/mol. The second kappa shape index (κ2) is 5.49. The Morgan fingerprint density at radius 2 is 2.11 bits per heavy atom. The predicted octanol–water partition coefficient (Wildman–Crippen LogP) is 0.507.